The average molecular weight is 320 g/mol. The van der Waals surface area contributed by atoms with Crippen molar-refractivity contribution in [3.63, 3.8) is 0 Å². The van der Waals surface area contributed by atoms with Gasteiger partial charge in [-0.3, -0.25) is 4.79 Å². The lowest BCUT2D eigenvalue weighted by Crippen LogP contribution is -2.54. The van der Waals surface area contributed by atoms with Crippen LogP contribution in [0.25, 0.3) is 0 Å². The number of hydrogen-bond acceptors (Lipinski definition) is 5. The lowest BCUT2D eigenvalue weighted by molar-refractivity contribution is -0.0437. The second-order valence-electron chi connectivity index (χ2n) is 6.47. The highest BCUT2D eigenvalue weighted by molar-refractivity contribution is 5.95. The van der Waals surface area contributed by atoms with Crippen molar-refractivity contribution in [3.05, 3.63) is 24.0 Å². The minimum atomic E-state index is -0.160. The van der Waals surface area contributed by atoms with Crippen LogP contribution in [0.5, 0.6) is 5.75 Å². The second-order valence-corrected chi connectivity index (χ2v) is 6.47. The lowest BCUT2D eigenvalue weighted by Gasteiger charge is -2.48. The summed E-state index contributed by atoms with van der Waals surface area (Å²) in [6, 6.07) is 3.33. The Kier molecular flexibility index (Phi) is 4.82. The van der Waals surface area contributed by atoms with Crippen LogP contribution in [0.1, 0.15) is 36.2 Å². The molecule has 1 unspecified atom stereocenters. The molecule has 1 spiro atoms. The number of aliphatic hydroxyl groups is 1. The minimum absolute atomic E-state index is 0.0204. The third-order valence-electron chi connectivity index (χ3n) is 5.17. The van der Waals surface area contributed by atoms with Crippen LogP contribution in [0.15, 0.2) is 18.3 Å². The van der Waals surface area contributed by atoms with E-state index in [2.05, 4.69) is 4.98 Å². The summed E-state index contributed by atoms with van der Waals surface area (Å²) in [4.78, 5) is 19.0. The predicted molar refractivity (Wildman–Crippen MR) is 84.4 cm³/mol. The number of piperidine rings is 1. The van der Waals surface area contributed by atoms with Gasteiger partial charge in [-0.25, -0.2) is 4.98 Å². The molecule has 2 aliphatic rings. The van der Waals surface area contributed by atoms with E-state index >= 15 is 0 Å². The Bertz CT molecular complexity index is 557. The van der Waals surface area contributed by atoms with E-state index in [1.165, 1.54) is 7.11 Å². The normalized spacial score (nSPS) is 23.7. The summed E-state index contributed by atoms with van der Waals surface area (Å²) in [5.41, 5.74) is 0.430. The van der Waals surface area contributed by atoms with Crippen LogP contribution in [0.2, 0.25) is 0 Å². The van der Waals surface area contributed by atoms with E-state index < -0.39 is 0 Å². The molecule has 0 radical (unpaired) electrons. The number of methoxy groups -OCH3 is 1. The van der Waals surface area contributed by atoms with Crippen molar-refractivity contribution >= 4 is 5.91 Å². The van der Waals surface area contributed by atoms with Crippen molar-refractivity contribution in [3.8, 4) is 5.75 Å². The molecule has 1 amide bonds. The van der Waals surface area contributed by atoms with E-state index in [0.717, 1.165) is 38.9 Å². The molecule has 3 rings (SSSR count). The summed E-state index contributed by atoms with van der Waals surface area (Å²) in [5.74, 6) is 0.313. The van der Waals surface area contributed by atoms with Gasteiger partial charge in [-0.2, -0.15) is 0 Å². The summed E-state index contributed by atoms with van der Waals surface area (Å²) in [6.07, 6.45) is 5.38. The van der Waals surface area contributed by atoms with Gasteiger partial charge in [0, 0.05) is 26.0 Å². The second kappa shape index (κ2) is 6.84. The van der Waals surface area contributed by atoms with Gasteiger partial charge < -0.3 is 19.5 Å². The molecule has 1 atom stereocenters. The third-order valence-corrected chi connectivity index (χ3v) is 5.17. The number of pyridine rings is 1. The van der Waals surface area contributed by atoms with Gasteiger partial charge in [0.1, 0.15) is 5.75 Å². The van der Waals surface area contributed by atoms with Crippen molar-refractivity contribution in [2.45, 2.75) is 31.7 Å². The molecule has 1 N–H and O–H groups in total. The molecule has 6 heteroatoms. The van der Waals surface area contributed by atoms with Crippen LogP contribution in [-0.2, 0) is 4.74 Å². The monoisotopic (exact) mass is 320 g/mol. The summed E-state index contributed by atoms with van der Waals surface area (Å²) >= 11 is 0. The molecule has 0 aliphatic carbocycles. The zero-order valence-corrected chi connectivity index (χ0v) is 13.5. The quantitative estimate of drug-likeness (QED) is 0.913. The molecule has 126 valence electrons. The maximum atomic E-state index is 13.0. The van der Waals surface area contributed by atoms with Gasteiger partial charge in [0.05, 0.1) is 19.8 Å². The fourth-order valence-electron chi connectivity index (χ4n) is 3.69. The fraction of sp³-hybridized carbons (Fsp3) is 0.647. The van der Waals surface area contributed by atoms with Gasteiger partial charge in [0.15, 0.2) is 5.69 Å². The Balaban J connectivity index is 1.86. The number of nitrogens with zero attached hydrogens (tertiary/aromatic N) is 2. The number of rotatable bonds is 3. The number of carbonyl (C=O) groups is 1. The molecule has 2 fully saturated rings. The van der Waals surface area contributed by atoms with E-state index in [1.807, 2.05) is 0 Å². The zero-order valence-electron chi connectivity index (χ0n) is 13.5. The Morgan fingerprint density at radius 1 is 1.48 bits per heavy atom. The first kappa shape index (κ1) is 16.2. The molecular weight excluding hydrogens is 296 g/mol. The van der Waals surface area contributed by atoms with Crippen LogP contribution >= 0.6 is 0 Å². The molecule has 23 heavy (non-hydrogen) atoms. The molecule has 2 saturated heterocycles. The van der Waals surface area contributed by atoms with E-state index in [4.69, 9.17) is 9.47 Å². The van der Waals surface area contributed by atoms with Crippen LogP contribution in [0.3, 0.4) is 0 Å². The molecule has 0 bridgehead atoms. The Hall–Kier alpha value is -1.66. The topological polar surface area (TPSA) is 71.9 Å². The van der Waals surface area contributed by atoms with Crippen molar-refractivity contribution in [1.29, 1.82) is 0 Å². The summed E-state index contributed by atoms with van der Waals surface area (Å²) in [7, 11) is 1.54. The smallest absolute Gasteiger partial charge is 0.276 e. The average Bonchev–Trinajstić information content (AvgIpc) is 2.61. The van der Waals surface area contributed by atoms with Crippen molar-refractivity contribution < 1.29 is 19.4 Å². The molecule has 1 aromatic rings. The van der Waals surface area contributed by atoms with Crippen molar-refractivity contribution in [1.82, 2.24) is 9.88 Å². The molecule has 6 nitrogen and oxygen atoms in total. The standard InChI is InChI=1S/C17H24N2O4/c1-22-14-3-2-8-18-15(14)16(21)19-12-17(5-4-13(19)11-20)6-9-23-10-7-17/h2-3,8,13,20H,4-7,9-12H2,1H3. The highest BCUT2D eigenvalue weighted by atomic mass is 16.5. The number of ether oxygens (including phenoxy) is 2. The number of carbonyl (C=O) groups excluding carboxylic acids is 1. The largest absolute Gasteiger partial charge is 0.494 e. The first-order valence-electron chi connectivity index (χ1n) is 8.18. The van der Waals surface area contributed by atoms with Gasteiger partial charge in [0.2, 0.25) is 0 Å². The van der Waals surface area contributed by atoms with Crippen molar-refractivity contribution in [2.75, 3.05) is 33.5 Å². The Labute approximate surface area is 136 Å². The van der Waals surface area contributed by atoms with Gasteiger partial charge in [0.25, 0.3) is 5.91 Å². The zero-order chi connectivity index (χ0) is 16.3. The fourth-order valence-corrected chi connectivity index (χ4v) is 3.69. The van der Waals surface area contributed by atoms with Crippen LogP contribution in [-0.4, -0.2) is 60.4 Å². The van der Waals surface area contributed by atoms with E-state index in [0.29, 0.717) is 18.0 Å². The first-order valence-corrected chi connectivity index (χ1v) is 8.18. The van der Waals surface area contributed by atoms with Gasteiger partial charge in [-0.05, 0) is 43.2 Å². The molecule has 0 saturated carbocycles. The minimum Gasteiger partial charge on any atom is -0.494 e. The first-order chi connectivity index (χ1) is 11.2. The number of aliphatic hydroxyl groups excluding tert-OH is 1. The number of hydrogen-bond donors (Lipinski definition) is 1. The van der Waals surface area contributed by atoms with E-state index in [9.17, 15) is 9.90 Å². The van der Waals surface area contributed by atoms with Gasteiger partial charge >= 0.3 is 0 Å². The van der Waals surface area contributed by atoms with Crippen LogP contribution < -0.4 is 4.74 Å². The number of aromatic nitrogens is 1. The molecular formula is C17H24N2O4. The Morgan fingerprint density at radius 3 is 2.96 bits per heavy atom. The maximum absolute atomic E-state index is 13.0. The predicted octanol–water partition coefficient (Wildman–Crippen LogP) is 1.48. The third kappa shape index (κ3) is 3.19. The number of likely N-dealkylation sites (tertiary alicyclic amines) is 1. The van der Waals surface area contributed by atoms with E-state index in [1.54, 1.807) is 23.2 Å². The summed E-state index contributed by atoms with van der Waals surface area (Å²) < 4.78 is 10.8. The summed E-state index contributed by atoms with van der Waals surface area (Å²) in [5, 5.41) is 9.70. The van der Waals surface area contributed by atoms with Gasteiger partial charge in [-0.1, -0.05) is 0 Å². The molecule has 3 heterocycles. The Morgan fingerprint density at radius 2 is 2.26 bits per heavy atom. The molecule has 1 aromatic heterocycles. The highest BCUT2D eigenvalue weighted by Gasteiger charge is 2.43. The molecule has 0 aromatic carbocycles. The van der Waals surface area contributed by atoms with E-state index in [-0.39, 0.29) is 24.0 Å². The summed E-state index contributed by atoms with van der Waals surface area (Å²) in [6.45, 7) is 2.13. The highest BCUT2D eigenvalue weighted by Crippen LogP contribution is 2.41. The maximum Gasteiger partial charge on any atom is 0.276 e. The lowest BCUT2D eigenvalue weighted by atomic mass is 9.72. The SMILES string of the molecule is COc1cccnc1C(=O)N1CC2(CCOCC2)CCC1CO. The number of amides is 1. The van der Waals surface area contributed by atoms with Crippen LogP contribution in [0.4, 0.5) is 0 Å². The van der Waals surface area contributed by atoms with Crippen molar-refractivity contribution in [2.24, 2.45) is 5.41 Å². The molecule has 2 aliphatic heterocycles. The van der Waals surface area contributed by atoms with Gasteiger partial charge in [-0.15, -0.1) is 0 Å². The van der Waals surface area contributed by atoms with Crippen LogP contribution in [0, 0.1) is 5.41 Å².